The summed E-state index contributed by atoms with van der Waals surface area (Å²) in [5.41, 5.74) is 2.42. The maximum Gasteiger partial charge on any atom is 0.335 e. The third kappa shape index (κ3) is 2.04. The first-order chi connectivity index (χ1) is 10.4. The molecule has 0 bridgehead atoms. The fourth-order valence-corrected chi connectivity index (χ4v) is 3.14. The highest BCUT2D eigenvalue weighted by Crippen LogP contribution is 2.21. The van der Waals surface area contributed by atoms with Gasteiger partial charge in [-0.3, -0.25) is 9.36 Å². The highest BCUT2D eigenvalue weighted by atomic mass is 79.9. The number of aryl methyl sites for hydroxylation is 2. The third-order valence-electron chi connectivity index (χ3n) is 3.96. The summed E-state index contributed by atoms with van der Waals surface area (Å²) in [6.45, 7) is 3.78. The summed E-state index contributed by atoms with van der Waals surface area (Å²) in [7, 11) is 1.70. The second kappa shape index (κ2) is 5.25. The Bertz CT molecular complexity index is 1020. The molecule has 0 radical (unpaired) electrons. The lowest BCUT2D eigenvalue weighted by Gasteiger charge is -2.14. The maximum atomic E-state index is 12.9. The number of hydrogen-bond acceptors (Lipinski definition) is 2. The Balaban J connectivity index is 2.55. The van der Waals surface area contributed by atoms with Crippen LogP contribution in [0.4, 0.5) is 0 Å². The van der Waals surface area contributed by atoms with Gasteiger partial charge < -0.3 is 0 Å². The molecule has 22 heavy (non-hydrogen) atoms. The van der Waals surface area contributed by atoms with E-state index in [0.717, 1.165) is 15.6 Å². The molecule has 0 aliphatic rings. The predicted molar refractivity (Wildman–Crippen MR) is 92.0 cm³/mol. The number of halogens is 1. The monoisotopic (exact) mass is 358 g/mol. The van der Waals surface area contributed by atoms with Gasteiger partial charge in [0.2, 0.25) is 0 Å². The number of benzene rings is 2. The number of hydrogen-bond donors (Lipinski definition) is 0. The van der Waals surface area contributed by atoms with E-state index in [1.54, 1.807) is 19.2 Å². The number of nitrogens with zero attached hydrogens (tertiary/aromatic N) is 2. The minimum atomic E-state index is -0.340. The lowest BCUT2D eigenvalue weighted by Crippen LogP contribution is -2.38. The molecule has 3 aromatic rings. The van der Waals surface area contributed by atoms with Crippen molar-refractivity contribution in [2.24, 2.45) is 7.05 Å². The van der Waals surface area contributed by atoms with Gasteiger partial charge in [0.15, 0.2) is 0 Å². The largest absolute Gasteiger partial charge is 0.335 e. The molecule has 0 saturated carbocycles. The second-order valence-electron chi connectivity index (χ2n) is 5.34. The van der Waals surface area contributed by atoms with Crippen LogP contribution in [-0.2, 0) is 7.05 Å². The van der Waals surface area contributed by atoms with Gasteiger partial charge in [0.05, 0.1) is 16.6 Å². The quantitative estimate of drug-likeness (QED) is 0.670. The first kappa shape index (κ1) is 14.8. The summed E-state index contributed by atoms with van der Waals surface area (Å²) >= 11 is 3.45. The Morgan fingerprint density at radius 2 is 1.68 bits per heavy atom. The maximum absolute atomic E-state index is 12.9. The van der Waals surface area contributed by atoms with Crippen molar-refractivity contribution in [2.75, 3.05) is 0 Å². The molecule has 4 nitrogen and oxygen atoms in total. The van der Waals surface area contributed by atoms with Crippen LogP contribution >= 0.6 is 15.9 Å². The summed E-state index contributed by atoms with van der Waals surface area (Å²) in [4.78, 5) is 25.6. The molecule has 0 saturated heterocycles. The zero-order chi connectivity index (χ0) is 16.0. The SMILES string of the molecule is Cc1c(Br)cccc1-n1c(=O)c2cccc(C)c2n(C)c1=O. The van der Waals surface area contributed by atoms with Gasteiger partial charge in [-0.1, -0.05) is 34.1 Å². The second-order valence-corrected chi connectivity index (χ2v) is 6.19. The lowest BCUT2D eigenvalue weighted by molar-refractivity contribution is 0.769. The van der Waals surface area contributed by atoms with Gasteiger partial charge >= 0.3 is 5.69 Å². The van der Waals surface area contributed by atoms with Crippen LogP contribution in [0, 0.1) is 13.8 Å². The van der Waals surface area contributed by atoms with Crippen molar-refractivity contribution in [1.29, 1.82) is 0 Å². The van der Waals surface area contributed by atoms with E-state index in [2.05, 4.69) is 15.9 Å². The Morgan fingerprint density at radius 1 is 1.00 bits per heavy atom. The fourth-order valence-electron chi connectivity index (χ4n) is 2.78. The molecule has 1 heterocycles. The smallest absolute Gasteiger partial charge is 0.296 e. The van der Waals surface area contributed by atoms with Crippen molar-refractivity contribution in [3.63, 3.8) is 0 Å². The van der Waals surface area contributed by atoms with Gasteiger partial charge in [-0.15, -0.1) is 0 Å². The summed E-state index contributed by atoms with van der Waals surface area (Å²) in [5.74, 6) is 0. The van der Waals surface area contributed by atoms with Crippen LogP contribution < -0.4 is 11.2 Å². The van der Waals surface area contributed by atoms with Crippen LogP contribution in [0.5, 0.6) is 0 Å². The molecule has 0 aliphatic carbocycles. The van der Waals surface area contributed by atoms with Gasteiger partial charge in [-0.25, -0.2) is 9.36 Å². The van der Waals surface area contributed by atoms with E-state index in [9.17, 15) is 9.59 Å². The topological polar surface area (TPSA) is 44.0 Å². The highest BCUT2D eigenvalue weighted by molar-refractivity contribution is 9.10. The van der Waals surface area contributed by atoms with E-state index in [-0.39, 0.29) is 11.2 Å². The average molecular weight is 359 g/mol. The van der Waals surface area contributed by atoms with Gasteiger partial charge in [0.25, 0.3) is 5.56 Å². The molecule has 2 aromatic carbocycles. The van der Waals surface area contributed by atoms with Crippen LogP contribution in [-0.4, -0.2) is 9.13 Å². The minimum Gasteiger partial charge on any atom is -0.296 e. The molecular weight excluding hydrogens is 344 g/mol. The summed E-state index contributed by atoms with van der Waals surface area (Å²) in [6, 6.07) is 11.0. The van der Waals surface area contributed by atoms with E-state index in [1.165, 1.54) is 9.13 Å². The summed E-state index contributed by atoms with van der Waals surface area (Å²) < 4.78 is 3.64. The molecule has 0 N–H and O–H groups in total. The van der Waals surface area contributed by atoms with Crippen LogP contribution in [0.2, 0.25) is 0 Å². The molecule has 0 aliphatic heterocycles. The van der Waals surface area contributed by atoms with Gasteiger partial charge in [0.1, 0.15) is 0 Å². The van der Waals surface area contributed by atoms with Crippen LogP contribution in [0.3, 0.4) is 0 Å². The zero-order valence-corrected chi connectivity index (χ0v) is 14.1. The molecule has 112 valence electrons. The molecule has 1 aromatic heterocycles. The van der Waals surface area contributed by atoms with E-state index >= 15 is 0 Å². The number of rotatable bonds is 1. The molecule has 0 fully saturated rings. The van der Waals surface area contributed by atoms with E-state index in [4.69, 9.17) is 0 Å². The summed E-state index contributed by atoms with van der Waals surface area (Å²) in [5, 5.41) is 0.543. The molecule has 3 rings (SSSR count). The standard InChI is InChI=1S/C17H15BrN2O2/c1-10-6-4-7-12-15(10)19(3)17(22)20(16(12)21)14-9-5-8-13(18)11(14)2/h4-9H,1-3H3. The highest BCUT2D eigenvalue weighted by Gasteiger charge is 2.15. The van der Waals surface area contributed by atoms with Crippen LogP contribution in [0.25, 0.3) is 16.6 Å². The molecule has 0 spiro atoms. The molecule has 0 unspecified atom stereocenters. The van der Waals surface area contributed by atoms with Gasteiger partial charge in [-0.2, -0.15) is 0 Å². The van der Waals surface area contributed by atoms with E-state index in [1.807, 2.05) is 38.1 Å². The van der Waals surface area contributed by atoms with Crippen molar-refractivity contribution in [3.8, 4) is 5.69 Å². The van der Waals surface area contributed by atoms with Crippen molar-refractivity contribution >= 4 is 26.8 Å². The average Bonchev–Trinajstić information content (AvgIpc) is 2.49. The van der Waals surface area contributed by atoms with Crippen LogP contribution in [0.1, 0.15) is 11.1 Å². The fraction of sp³-hybridized carbons (Fsp3) is 0.176. The number of aromatic nitrogens is 2. The van der Waals surface area contributed by atoms with Crippen molar-refractivity contribution < 1.29 is 0 Å². The molecule has 5 heteroatoms. The predicted octanol–water partition coefficient (Wildman–Crippen LogP) is 3.07. The number of para-hydroxylation sites is 1. The molecule has 0 atom stereocenters. The Kier molecular flexibility index (Phi) is 3.53. The van der Waals surface area contributed by atoms with Crippen molar-refractivity contribution in [2.45, 2.75) is 13.8 Å². The van der Waals surface area contributed by atoms with E-state index in [0.29, 0.717) is 16.6 Å². The minimum absolute atomic E-state index is 0.289. The van der Waals surface area contributed by atoms with Gasteiger partial charge in [0, 0.05) is 11.5 Å². The van der Waals surface area contributed by atoms with Gasteiger partial charge in [-0.05, 0) is 43.2 Å². The molecular formula is C17H15BrN2O2. The van der Waals surface area contributed by atoms with Crippen LogP contribution in [0.15, 0.2) is 50.5 Å². The number of fused-ring (bicyclic) bond motifs is 1. The molecule has 0 amide bonds. The zero-order valence-electron chi connectivity index (χ0n) is 12.6. The Labute approximate surface area is 135 Å². The third-order valence-corrected chi connectivity index (χ3v) is 4.82. The first-order valence-electron chi connectivity index (χ1n) is 6.90. The van der Waals surface area contributed by atoms with Crippen molar-refractivity contribution in [1.82, 2.24) is 9.13 Å². The van der Waals surface area contributed by atoms with Crippen molar-refractivity contribution in [3.05, 3.63) is 72.8 Å². The van der Waals surface area contributed by atoms with E-state index < -0.39 is 0 Å². The Morgan fingerprint density at radius 3 is 2.41 bits per heavy atom. The summed E-state index contributed by atoms with van der Waals surface area (Å²) in [6.07, 6.45) is 0. The first-order valence-corrected chi connectivity index (χ1v) is 7.69. The Hall–Kier alpha value is -2.14. The normalized spacial score (nSPS) is 11.1. The lowest BCUT2D eigenvalue weighted by atomic mass is 10.1.